The molecule has 8 heteroatoms. The van der Waals surface area contributed by atoms with E-state index in [9.17, 15) is 22.8 Å². The number of ether oxygens (including phenoxy) is 1. The first kappa shape index (κ1) is 14.6. The average molecular weight is 290 g/mol. The molecule has 1 aliphatic rings. The third-order valence-corrected chi connectivity index (χ3v) is 2.93. The molecular weight excluding hydrogens is 277 g/mol. The normalized spacial score (nSPS) is 19.1. The standard InChI is InChI=1S/C12H13F3N2O3/c13-12(14,15)9-2-1-4-17(11(9)19)6-10(18)16-8-3-5-20-7-8/h1-2,4,8H,3,5-7H2,(H,16,18)/t8-/m1/s1. The lowest BCUT2D eigenvalue weighted by molar-refractivity contribution is -0.139. The minimum absolute atomic E-state index is 0.149. The molecule has 110 valence electrons. The van der Waals surface area contributed by atoms with E-state index in [1.54, 1.807) is 0 Å². The summed E-state index contributed by atoms with van der Waals surface area (Å²) in [5.41, 5.74) is -2.50. The SMILES string of the molecule is O=C(Cn1cccc(C(F)(F)F)c1=O)N[C@@H]1CCOC1. The van der Waals surface area contributed by atoms with Crippen LogP contribution in [0.25, 0.3) is 0 Å². The van der Waals surface area contributed by atoms with Crippen molar-refractivity contribution in [3.8, 4) is 0 Å². The Morgan fingerprint density at radius 1 is 1.50 bits per heavy atom. The van der Waals surface area contributed by atoms with Gasteiger partial charge in [-0.05, 0) is 18.6 Å². The fourth-order valence-corrected chi connectivity index (χ4v) is 1.95. The van der Waals surface area contributed by atoms with Crippen LogP contribution in [0.15, 0.2) is 23.1 Å². The third-order valence-electron chi connectivity index (χ3n) is 2.93. The highest BCUT2D eigenvalue weighted by Crippen LogP contribution is 2.25. The van der Waals surface area contributed by atoms with Crippen LogP contribution in [0, 0.1) is 0 Å². The van der Waals surface area contributed by atoms with Crippen LogP contribution in [-0.2, 0) is 22.3 Å². The van der Waals surface area contributed by atoms with E-state index in [-0.39, 0.29) is 6.04 Å². The topological polar surface area (TPSA) is 60.3 Å². The number of pyridine rings is 1. The predicted molar refractivity (Wildman–Crippen MR) is 63.1 cm³/mol. The van der Waals surface area contributed by atoms with Crippen molar-refractivity contribution in [3.05, 3.63) is 34.2 Å². The highest BCUT2D eigenvalue weighted by molar-refractivity contribution is 5.76. The monoisotopic (exact) mass is 290 g/mol. The quantitative estimate of drug-likeness (QED) is 0.894. The molecular formula is C12H13F3N2O3. The minimum Gasteiger partial charge on any atom is -0.379 e. The van der Waals surface area contributed by atoms with Crippen molar-refractivity contribution >= 4 is 5.91 Å². The Balaban J connectivity index is 2.09. The molecule has 1 N–H and O–H groups in total. The van der Waals surface area contributed by atoms with Crippen LogP contribution in [0.2, 0.25) is 0 Å². The summed E-state index contributed by atoms with van der Waals surface area (Å²) in [6.07, 6.45) is -2.92. The van der Waals surface area contributed by atoms with E-state index in [1.807, 2.05) is 0 Å². The van der Waals surface area contributed by atoms with Gasteiger partial charge in [0.15, 0.2) is 0 Å². The smallest absolute Gasteiger partial charge is 0.379 e. The molecule has 1 aromatic heterocycles. The Morgan fingerprint density at radius 3 is 2.85 bits per heavy atom. The number of carbonyl (C=O) groups excluding carboxylic acids is 1. The van der Waals surface area contributed by atoms with Gasteiger partial charge in [0.1, 0.15) is 12.1 Å². The molecule has 1 aromatic rings. The van der Waals surface area contributed by atoms with Gasteiger partial charge in [0.25, 0.3) is 5.56 Å². The van der Waals surface area contributed by atoms with Crippen molar-refractivity contribution in [1.82, 2.24) is 9.88 Å². The van der Waals surface area contributed by atoms with Crippen LogP contribution in [-0.4, -0.2) is 29.7 Å². The predicted octanol–water partition coefficient (Wildman–Crippen LogP) is 0.772. The summed E-state index contributed by atoms with van der Waals surface area (Å²) in [6, 6.07) is 1.64. The first-order valence-corrected chi connectivity index (χ1v) is 6.01. The third kappa shape index (κ3) is 3.38. The number of hydrogen-bond donors (Lipinski definition) is 1. The molecule has 2 heterocycles. The molecule has 0 spiro atoms. The summed E-state index contributed by atoms with van der Waals surface area (Å²) in [6.45, 7) is 0.469. The second kappa shape index (κ2) is 5.66. The molecule has 2 rings (SSSR count). The van der Waals surface area contributed by atoms with Crippen LogP contribution < -0.4 is 10.9 Å². The van der Waals surface area contributed by atoms with Crippen LogP contribution in [0.3, 0.4) is 0 Å². The van der Waals surface area contributed by atoms with Gasteiger partial charge >= 0.3 is 6.18 Å². The summed E-state index contributed by atoms with van der Waals surface area (Å²) in [4.78, 5) is 23.3. The van der Waals surface area contributed by atoms with Crippen molar-refractivity contribution in [3.63, 3.8) is 0 Å². The van der Waals surface area contributed by atoms with Crippen molar-refractivity contribution < 1.29 is 22.7 Å². The van der Waals surface area contributed by atoms with E-state index in [1.165, 1.54) is 0 Å². The van der Waals surface area contributed by atoms with E-state index in [0.29, 0.717) is 25.7 Å². The van der Waals surface area contributed by atoms with Crippen LogP contribution in [0.5, 0.6) is 0 Å². The first-order valence-electron chi connectivity index (χ1n) is 6.01. The van der Waals surface area contributed by atoms with Crippen LogP contribution in [0.1, 0.15) is 12.0 Å². The zero-order valence-electron chi connectivity index (χ0n) is 10.4. The Morgan fingerprint density at radius 2 is 2.25 bits per heavy atom. The number of aromatic nitrogens is 1. The summed E-state index contributed by atoms with van der Waals surface area (Å²) >= 11 is 0. The second-order valence-corrected chi connectivity index (χ2v) is 4.48. The van der Waals surface area contributed by atoms with Gasteiger partial charge in [-0.1, -0.05) is 0 Å². The fourth-order valence-electron chi connectivity index (χ4n) is 1.95. The molecule has 1 aliphatic heterocycles. The van der Waals surface area contributed by atoms with Crippen molar-refractivity contribution in [1.29, 1.82) is 0 Å². The van der Waals surface area contributed by atoms with Crippen molar-refractivity contribution in [2.24, 2.45) is 0 Å². The Labute approximate surface area is 112 Å². The molecule has 0 aliphatic carbocycles. The van der Waals surface area contributed by atoms with Crippen LogP contribution in [0.4, 0.5) is 13.2 Å². The maximum absolute atomic E-state index is 12.6. The van der Waals surface area contributed by atoms with Gasteiger partial charge < -0.3 is 14.6 Å². The number of halogens is 3. The lowest BCUT2D eigenvalue weighted by Crippen LogP contribution is -2.40. The summed E-state index contributed by atoms with van der Waals surface area (Å²) in [5, 5.41) is 2.61. The minimum atomic E-state index is -4.73. The molecule has 0 radical (unpaired) electrons. The number of carbonyl (C=O) groups is 1. The fraction of sp³-hybridized carbons (Fsp3) is 0.500. The molecule has 20 heavy (non-hydrogen) atoms. The first-order chi connectivity index (χ1) is 9.38. The van der Waals surface area contributed by atoms with Gasteiger partial charge in [-0.15, -0.1) is 0 Å². The van der Waals surface area contributed by atoms with Crippen molar-refractivity contribution in [2.45, 2.75) is 25.2 Å². The Kier molecular flexibility index (Phi) is 4.12. The maximum atomic E-state index is 12.6. The van der Waals surface area contributed by atoms with E-state index >= 15 is 0 Å². The zero-order valence-corrected chi connectivity index (χ0v) is 10.4. The molecule has 1 amide bonds. The molecule has 0 unspecified atom stereocenters. The molecule has 1 saturated heterocycles. The van der Waals surface area contributed by atoms with Crippen molar-refractivity contribution in [2.75, 3.05) is 13.2 Å². The highest BCUT2D eigenvalue weighted by atomic mass is 19.4. The number of alkyl halides is 3. The molecule has 1 fully saturated rings. The van der Waals surface area contributed by atoms with Gasteiger partial charge in [0.05, 0.1) is 12.6 Å². The summed E-state index contributed by atoms with van der Waals surface area (Å²) in [5.74, 6) is -0.512. The second-order valence-electron chi connectivity index (χ2n) is 4.48. The highest BCUT2D eigenvalue weighted by Gasteiger charge is 2.34. The summed E-state index contributed by atoms with van der Waals surface area (Å²) in [7, 11) is 0. The molecule has 1 atom stereocenters. The van der Waals surface area contributed by atoms with E-state index < -0.39 is 29.8 Å². The molecule has 0 bridgehead atoms. The number of nitrogens with one attached hydrogen (secondary N) is 1. The zero-order chi connectivity index (χ0) is 14.8. The summed E-state index contributed by atoms with van der Waals surface area (Å²) < 4.78 is 43.5. The van der Waals surface area contributed by atoms with Gasteiger partial charge in [-0.3, -0.25) is 9.59 Å². The lowest BCUT2D eigenvalue weighted by Gasteiger charge is -2.13. The maximum Gasteiger partial charge on any atom is 0.421 e. The molecule has 0 saturated carbocycles. The Bertz CT molecular complexity index is 548. The van der Waals surface area contributed by atoms with Gasteiger partial charge in [0, 0.05) is 12.8 Å². The Hall–Kier alpha value is -1.83. The average Bonchev–Trinajstić information content (AvgIpc) is 2.83. The van der Waals surface area contributed by atoms with Gasteiger partial charge in [-0.25, -0.2) is 0 Å². The molecule has 5 nitrogen and oxygen atoms in total. The van der Waals surface area contributed by atoms with E-state index in [2.05, 4.69) is 5.32 Å². The van der Waals surface area contributed by atoms with Gasteiger partial charge in [-0.2, -0.15) is 13.2 Å². The largest absolute Gasteiger partial charge is 0.421 e. The number of amides is 1. The number of rotatable bonds is 3. The number of hydrogen-bond acceptors (Lipinski definition) is 3. The number of nitrogens with zero attached hydrogens (tertiary/aromatic N) is 1. The molecule has 0 aromatic carbocycles. The van der Waals surface area contributed by atoms with Crippen LogP contribution >= 0.6 is 0 Å². The van der Waals surface area contributed by atoms with E-state index in [0.717, 1.165) is 16.8 Å². The van der Waals surface area contributed by atoms with Gasteiger partial charge in [0.2, 0.25) is 5.91 Å². The lowest BCUT2D eigenvalue weighted by atomic mass is 10.2. The van der Waals surface area contributed by atoms with E-state index in [4.69, 9.17) is 4.74 Å².